The van der Waals surface area contributed by atoms with Gasteiger partial charge in [-0.25, -0.2) is 4.98 Å². The first-order valence-corrected chi connectivity index (χ1v) is 7.73. The molecule has 0 aliphatic carbocycles. The highest BCUT2D eigenvalue weighted by molar-refractivity contribution is 5.96. The lowest BCUT2D eigenvalue weighted by molar-refractivity contribution is -0.118. The maximum absolute atomic E-state index is 11.9. The third kappa shape index (κ3) is 4.39. The van der Waals surface area contributed by atoms with E-state index in [4.69, 9.17) is 15.5 Å². The van der Waals surface area contributed by atoms with Crippen molar-refractivity contribution in [3.63, 3.8) is 0 Å². The molecule has 0 bridgehead atoms. The number of hydrogen-bond donors (Lipinski definition) is 2. The molecule has 134 valence electrons. The Hall–Kier alpha value is -1.34. The van der Waals surface area contributed by atoms with Crippen LogP contribution in [0.4, 0.5) is 5.69 Å². The van der Waals surface area contributed by atoms with Crippen molar-refractivity contribution in [2.75, 3.05) is 19.0 Å². The van der Waals surface area contributed by atoms with E-state index in [2.05, 4.69) is 9.88 Å². The Morgan fingerprint density at radius 1 is 1.38 bits per heavy atom. The number of benzene rings is 1. The van der Waals surface area contributed by atoms with Gasteiger partial charge in [-0.2, -0.15) is 0 Å². The summed E-state index contributed by atoms with van der Waals surface area (Å²) < 4.78 is 7.19. The van der Waals surface area contributed by atoms with Crippen LogP contribution in [0.5, 0.6) is 0 Å². The summed E-state index contributed by atoms with van der Waals surface area (Å²) in [5, 5.41) is 2.82. The number of methoxy groups -OCH3 is 1. The summed E-state index contributed by atoms with van der Waals surface area (Å²) in [6.45, 7) is 1.23. The molecule has 1 aromatic heterocycles. The molecule has 2 heterocycles. The molecular formula is C16H24Cl2N4O2. The van der Waals surface area contributed by atoms with Crippen molar-refractivity contribution in [1.82, 2.24) is 9.55 Å². The summed E-state index contributed by atoms with van der Waals surface area (Å²) in [6.07, 6.45) is 4.67. The van der Waals surface area contributed by atoms with E-state index in [0.717, 1.165) is 35.5 Å². The lowest BCUT2D eigenvalue weighted by atomic mass is 10.2. The Kier molecular flexibility index (Phi) is 7.96. The van der Waals surface area contributed by atoms with Crippen molar-refractivity contribution in [3.05, 3.63) is 24.0 Å². The molecule has 0 fully saturated rings. The second kappa shape index (κ2) is 9.22. The maximum atomic E-state index is 11.9. The number of carbonyl (C=O) groups excluding carboxylic acids is 1. The summed E-state index contributed by atoms with van der Waals surface area (Å²) >= 11 is 0. The zero-order chi connectivity index (χ0) is 15.5. The lowest BCUT2D eigenvalue weighted by Crippen LogP contribution is -2.39. The molecule has 24 heavy (non-hydrogen) atoms. The van der Waals surface area contributed by atoms with Gasteiger partial charge in [-0.05, 0) is 31.0 Å². The average molecular weight is 375 g/mol. The van der Waals surface area contributed by atoms with Crippen LogP contribution in [-0.4, -0.2) is 35.2 Å². The topological polar surface area (TPSA) is 82.2 Å². The fourth-order valence-electron chi connectivity index (χ4n) is 2.92. The number of fused-ring (bicyclic) bond motifs is 3. The molecule has 1 amide bonds. The molecule has 1 aliphatic rings. The minimum Gasteiger partial charge on any atom is -0.383 e. The number of imidazole rings is 1. The van der Waals surface area contributed by atoms with Gasteiger partial charge in [0.2, 0.25) is 5.91 Å². The standard InChI is InChI=1S/C16H22N4O2.2ClH/c1-22-10-12(17)16(21)18-11-6-7-14-13(9-11)19-15-5-3-2-4-8-20(14)15;;/h6-7,9,12H,2-5,8,10,17H2,1H3,(H,18,21);2*1H. The lowest BCUT2D eigenvalue weighted by Gasteiger charge is -2.11. The molecule has 1 unspecified atom stereocenters. The number of nitrogens with one attached hydrogen (secondary N) is 1. The monoisotopic (exact) mass is 374 g/mol. The van der Waals surface area contributed by atoms with Gasteiger partial charge in [0.1, 0.15) is 11.9 Å². The fourth-order valence-corrected chi connectivity index (χ4v) is 2.92. The number of aromatic nitrogens is 2. The number of ether oxygens (including phenoxy) is 1. The number of nitrogens with zero attached hydrogens (tertiary/aromatic N) is 2. The summed E-state index contributed by atoms with van der Waals surface area (Å²) in [4.78, 5) is 16.7. The van der Waals surface area contributed by atoms with Crippen molar-refractivity contribution in [2.45, 2.75) is 38.3 Å². The van der Waals surface area contributed by atoms with E-state index in [1.165, 1.54) is 26.4 Å². The highest BCUT2D eigenvalue weighted by atomic mass is 35.5. The molecule has 1 aliphatic heterocycles. The third-order valence-corrected chi connectivity index (χ3v) is 4.06. The van der Waals surface area contributed by atoms with Crippen LogP contribution in [0.2, 0.25) is 0 Å². The molecule has 0 spiro atoms. The summed E-state index contributed by atoms with van der Waals surface area (Å²) in [6, 6.07) is 5.17. The van der Waals surface area contributed by atoms with Gasteiger partial charge in [0.05, 0.1) is 17.6 Å². The molecule has 0 radical (unpaired) electrons. The van der Waals surface area contributed by atoms with Crippen LogP contribution in [0.3, 0.4) is 0 Å². The number of hydrogen-bond acceptors (Lipinski definition) is 4. The molecular weight excluding hydrogens is 351 g/mol. The van der Waals surface area contributed by atoms with Crippen molar-refractivity contribution in [1.29, 1.82) is 0 Å². The third-order valence-electron chi connectivity index (χ3n) is 4.06. The largest absolute Gasteiger partial charge is 0.383 e. The summed E-state index contributed by atoms with van der Waals surface area (Å²) in [5.41, 5.74) is 8.51. The first-order chi connectivity index (χ1) is 10.7. The van der Waals surface area contributed by atoms with Gasteiger partial charge < -0.3 is 20.4 Å². The minimum absolute atomic E-state index is 0. The Labute approximate surface area is 154 Å². The number of amides is 1. The number of rotatable bonds is 4. The van der Waals surface area contributed by atoms with Crippen LogP contribution in [0.25, 0.3) is 11.0 Å². The smallest absolute Gasteiger partial charge is 0.243 e. The SMILES string of the molecule is COCC(N)C(=O)Nc1ccc2c(c1)nc1n2CCCCC1.Cl.Cl. The predicted molar refractivity (Wildman–Crippen MR) is 100 cm³/mol. The zero-order valence-electron chi connectivity index (χ0n) is 13.7. The van der Waals surface area contributed by atoms with Gasteiger partial charge in [-0.15, -0.1) is 24.8 Å². The molecule has 0 saturated carbocycles. The van der Waals surface area contributed by atoms with Crippen LogP contribution in [0.15, 0.2) is 18.2 Å². The number of halogens is 2. The Morgan fingerprint density at radius 2 is 2.17 bits per heavy atom. The highest BCUT2D eigenvalue weighted by Gasteiger charge is 2.16. The van der Waals surface area contributed by atoms with Gasteiger partial charge >= 0.3 is 0 Å². The van der Waals surface area contributed by atoms with Crippen molar-refractivity contribution in [2.24, 2.45) is 5.73 Å². The Balaban J connectivity index is 0.00000144. The molecule has 0 saturated heterocycles. The van der Waals surface area contributed by atoms with Gasteiger partial charge in [-0.1, -0.05) is 6.42 Å². The van der Waals surface area contributed by atoms with Gasteiger partial charge in [-0.3, -0.25) is 4.79 Å². The highest BCUT2D eigenvalue weighted by Crippen LogP contribution is 2.24. The van der Waals surface area contributed by atoms with E-state index in [0.29, 0.717) is 0 Å². The van der Waals surface area contributed by atoms with E-state index in [9.17, 15) is 4.79 Å². The molecule has 3 N–H and O–H groups in total. The first kappa shape index (κ1) is 20.7. The fraction of sp³-hybridized carbons (Fsp3) is 0.500. The molecule has 8 heteroatoms. The van der Waals surface area contributed by atoms with Crippen LogP contribution in [0.1, 0.15) is 25.1 Å². The second-order valence-corrected chi connectivity index (χ2v) is 5.74. The van der Waals surface area contributed by atoms with Crippen LogP contribution >= 0.6 is 24.8 Å². The average Bonchev–Trinajstić information content (AvgIpc) is 2.68. The van der Waals surface area contributed by atoms with Gasteiger partial charge in [0, 0.05) is 25.8 Å². The number of carbonyl (C=O) groups is 1. The molecule has 1 atom stereocenters. The zero-order valence-corrected chi connectivity index (χ0v) is 15.3. The molecule has 1 aromatic carbocycles. The van der Waals surface area contributed by atoms with Crippen LogP contribution in [0, 0.1) is 0 Å². The van der Waals surface area contributed by atoms with Crippen molar-refractivity contribution in [3.8, 4) is 0 Å². The Bertz CT molecular complexity index is 690. The minimum atomic E-state index is -0.667. The normalized spacial score (nSPS) is 14.8. The number of aryl methyl sites for hydroxylation is 2. The molecule has 3 rings (SSSR count). The maximum Gasteiger partial charge on any atom is 0.243 e. The van der Waals surface area contributed by atoms with Gasteiger partial charge in [0.25, 0.3) is 0 Å². The molecule has 6 nitrogen and oxygen atoms in total. The van der Waals surface area contributed by atoms with E-state index in [-0.39, 0.29) is 37.3 Å². The first-order valence-electron chi connectivity index (χ1n) is 7.73. The number of anilines is 1. The van der Waals surface area contributed by atoms with Gasteiger partial charge in [0.15, 0.2) is 0 Å². The summed E-state index contributed by atoms with van der Waals surface area (Å²) in [5.74, 6) is 0.897. The van der Waals surface area contributed by atoms with E-state index >= 15 is 0 Å². The van der Waals surface area contributed by atoms with Crippen LogP contribution in [-0.2, 0) is 22.5 Å². The molecule has 2 aromatic rings. The summed E-state index contributed by atoms with van der Waals surface area (Å²) in [7, 11) is 1.53. The van der Waals surface area contributed by atoms with E-state index < -0.39 is 6.04 Å². The van der Waals surface area contributed by atoms with Crippen LogP contribution < -0.4 is 11.1 Å². The van der Waals surface area contributed by atoms with E-state index in [1.807, 2.05) is 18.2 Å². The predicted octanol–water partition coefficient (Wildman–Crippen LogP) is 2.52. The number of nitrogens with two attached hydrogens (primary N) is 1. The quantitative estimate of drug-likeness (QED) is 0.860. The Morgan fingerprint density at radius 3 is 2.92 bits per heavy atom. The second-order valence-electron chi connectivity index (χ2n) is 5.74. The van der Waals surface area contributed by atoms with Crippen molar-refractivity contribution < 1.29 is 9.53 Å². The van der Waals surface area contributed by atoms with E-state index in [1.54, 1.807) is 0 Å². The van der Waals surface area contributed by atoms with Crippen molar-refractivity contribution >= 4 is 47.4 Å².